The van der Waals surface area contributed by atoms with E-state index in [2.05, 4.69) is 23.0 Å². The summed E-state index contributed by atoms with van der Waals surface area (Å²) in [7, 11) is 0. The molecule has 0 spiro atoms. The Morgan fingerprint density at radius 2 is 1.84 bits per heavy atom. The molecule has 1 aliphatic heterocycles. The third kappa shape index (κ3) is 4.40. The van der Waals surface area contributed by atoms with E-state index in [-0.39, 0.29) is 0 Å². The van der Waals surface area contributed by atoms with E-state index in [0.717, 1.165) is 25.4 Å². The zero-order valence-corrected chi connectivity index (χ0v) is 17.3. The molecule has 31 heavy (non-hydrogen) atoms. The van der Waals surface area contributed by atoms with Crippen molar-refractivity contribution in [3.8, 4) is 18.1 Å². The Hall–Kier alpha value is -2.60. The first-order valence-electron chi connectivity index (χ1n) is 10.5. The van der Waals surface area contributed by atoms with Crippen molar-refractivity contribution in [1.82, 2.24) is 4.90 Å². The molecule has 8 nitrogen and oxygen atoms in total. The number of nitrogens with zero attached hydrogens (tertiary/aromatic N) is 1. The molecule has 0 amide bonds. The molecule has 5 atom stereocenters. The molecule has 0 aromatic heterocycles. The first-order valence-corrected chi connectivity index (χ1v) is 10.5. The van der Waals surface area contributed by atoms with Gasteiger partial charge in [-0.25, -0.2) is 9.59 Å². The third-order valence-electron chi connectivity index (χ3n) is 7.03. The summed E-state index contributed by atoms with van der Waals surface area (Å²) in [6.45, 7) is 1.89. The summed E-state index contributed by atoms with van der Waals surface area (Å²) in [5, 5.41) is 42.5. The number of aliphatic hydroxyl groups is 2. The molecular weight excluding hydrogens is 402 g/mol. The molecule has 1 aromatic rings. The van der Waals surface area contributed by atoms with Gasteiger partial charge in [-0.3, -0.25) is 4.90 Å². The van der Waals surface area contributed by atoms with Gasteiger partial charge in [-0.2, -0.15) is 0 Å². The van der Waals surface area contributed by atoms with E-state index in [0.29, 0.717) is 17.2 Å². The second-order valence-corrected chi connectivity index (χ2v) is 8.61. The topological polar surface area (TPSA) is 139 Å². The van der Waals surface area contributed by atoms with Gasteiger partial charge >= 0.3 is 11.9 Å². The number of rotatable bonds is 4. The highest BCUT2D eigenvalue weighted by Crippen LogP contribution is 2.56. The molecule has 2 aliphatic carbocycles. The van der Waals surface area contributed by atoms with Gasteiger partial charge in [0.05, 0.1) is 6.54 Å². The van der Waals surface area contributed by atoms with Crippen LogP contribution in [0.2, 0.25) is 0 Å². The summed E-state index contributed by atoms with van der Waals surface area (Å²) in [6.07, 6.45) is 8.64. The standard InChI is InChI=1S/C19H23NO.C4H6O6/c1-2-10-20-11-9-19-8-4-3-5-16(19)18(20)12-14-6-7-15(21)13-17(14)19;5-1(3(7)8)2(6)4(9)10/h1,6-7,13,16,18,21H,3-5,8-12H2;1-2,5-6H,(H,7,8)(H,9,10)/t16-,18+,19+;1-,2-/m01/s1. The Morgan fingerprint density at radius 3 is 2.45 bits per heavy atom. The van der Waals surface area contributed by atoms with Gasteiger partial charge in [0, 0.05) is 18.0 Å². The molecule has 168 valence electrons. The van der Waals surface area contributed by atoms with Crippen molar-refractivity contribution < 1.29 is 35.1 Å². The number of benzene rings is 1. The number of carbonyl (C=O) groups is 2. The predicted molar refractivity (Wildman–Crippen MR) is 112 cm³/mol. The van der Waals surface area contributed by atoms with Crippen LogP contribution in [0.25, 0.3) is 0 Å². The van der Waals surface area contributed by atoms with E-state index in [4.69, 9.17) is 26.8 Å². The number of piperidine rings is 1. The number of phenolic OH excluding ortho intramolecular Hbond substituents is 1. The van der Waals surface area contributed by atoms with Crippen LogP contribution in [0.15, 0.2) is 18.2 Å². The molecule has 0 unspecified atom stereocenters. The van der Waals surface area contributed by atoms with Gasteiger partial charge in [-0.15, -0.1) is 6.42 Å². The molecule has 1 aromatic carbocycles. The quantitative estimate of drug-likeness (QED) is 0.445. The molecule has 5 N–H and O–H groups in total. The van der Waals surface area contributed by atoms with Gasteiger partial charge in [-0.05, 0) is 54.9 Å². The maximum atomic E-state index is 9.97. The molecule has 0 radical (unpaired) electrons. The first-order chi connectivity index (χ1) is 14.7. The van der Waals surface area contributed by atoms with Gasteiger partial charge in [0.25, 0.3) is 0 Å². The molecule has 1 saturated carbocycles. The summed E-state index contributed by atoms with van der Waals surface area (Å²) >= 11 is 0. The van der Waals surface area contributed by atoms with Gasteiger partial charge in [0.1, 0.15) is 5.75 Å². The number of aliphatic hydroxyl groups excluding tert-OH is 2. The average molecular weight is 431 g/mol. The van der Waals surface area contributed by atoms with Crippen molar-refractivity contribution in [2.45, 2.75) is 62.2 Å². The lowest BCUT2D eigenvalue weighted by Crippen LogP contribution is -2.60. The zero-order valence-electron chi connectivity index (χ0n) is 17.3. The van der Waals surface area contributed by atoms with Crippen LogP contribution in [0, 0.1) is 18.3 Å². The van der Waals surface area contributed by atoms with Crippen molar-refractivity contribution in [3.05, 3.63) is 29.3 Å². The number of aromatic hydroxyl groups is 1. The Balaban J connectivity index is 0.000000233. The van der Waals surface area contributed by atoms with Crippen LogP contribution >= 0.6 is 0 Å². The molecule has 3 aliphatic rings. The summed E-state index contributed by atoms with van der Waals surface area (Å²) in [6, 6.07) is 6.65. The molecule has 8 heteroatoms. The molecule has 2 bridgehead atoms. The number of hydrogen-bond donors (Lipinski definition) is 5. The number of carboxylic acid groups (broad SMARTS) is 2. The Bertz CT molecular complexity index is 861. The van der Waals surface area contributed by atoms with E-state index in [9.17, 15) is 14.7 Å². The Morgan fingerprint density at radius 1 is 1.16 bits per heavy atom. The predicted octanol–water partition coefficient (Wildman–Crippen LogP) is 0.961. The second-order valence-electron chi connectivity index (χ2n) is 8.61. The summed E-state index contributed by atoms with van der Waals surface area (Å²) in [4.78, 5) is 22.1. The Labute approximate surface area is 181 Å². The highest BCUT2D eigenvalue weighted by Gasteiger charge is 2.53. The number of fused-ring (bicyclic) bond motifs is 1. The van der Waals surface area contributed by atoms with Crippen LogP contribution in [0.3, 0.4) is 0 Å². The van der Waals surface area contributed by atoms with Gasteiger partial charge < -0.3 is 25.5 Å². The van der Waals surface area contributed by atoms with E-state index < -0.39 is 24.1 Å². The third-order valence-corrected chi connectivity index (χ3v) is 7.03. The van der Waals surface area contributed by atoms with Crippen LogP contribution in [0.5, 0.6) is 5.75 Å². The maximum absolute atomic E-state index is 9.97. The summed E-state index contributed by atoms with van der Waals surface area (Å²) < 4.78 is 0. The fraction of sp³-hybridized carbons (Fsp3) is 0.565. The van der Waals surface area contributed by atoms with Crippen molar-refractivity contribution in [1.29, 1.82) is 0 Å². The first kappa shape index (κ1) is 23.1. The van der Waals surface area contributed by atoms with Crippen LogP contribution in [0.4, 0.5) is 0 Å². The van der Waals surface area contributed by atoms with Crippen LogP contribution in [-0.4, -0.2) is 73.7 Å². The lowest BCUT2D eigenvalue weighted by molar-refractivity contribution is -0.165. The number of terminal acetylenes is 1. The monoisotopic (exact) mass is 431 g/mol. The van der Waals surface area contributed by atoms with Crippen molar-refractivity contribution in [3.63, 3.8) is 0 Å². The van der Waals surface area contributed by atoms with Crippen molar-refractivity contribution in [2.75, 3.05) is 13.1 Å². The van der Waals surface area contributed by atoms with Gasteiger partial charge in [0.2, 0.25) is 0 Å². The molecular formula is C23H29NO7. The van der Waals surface area contributed by atoms with Crippen molar-refractivity contribution >= 4 is 11.9 Å². The minimum atomic E-state index is -2.27. The fourth-order valence-electron chi connectivity index (χ4n) is 5.66. The lowest BCUT2D eigenvalue weighted by Gasteiger charge is -2.58. The van der Waals surface area contributed by atoms with E-state index in [1.165, 1.54) is 43.2 Å². The second kappa shape index (κ2) is 9.27. The van der Waals surface area contributed by atoms with E-state index in [1.54, 1.807) is 0 Å². The smallest absolute Gasteiger partial charge is 0.335 e. The molecule has 4 rings (SSSR count). The average Bonchev–Trinajstić information content (AvgIpc) is 2.75. The maximum Gasteiger partial charge on any atom is 0.335 e. The highest BCUT2D eigenvalue weighted by atomic mass is 16.4. The number of phenols is 1. The lowest BCUT2D eigenvalue weighted by atomic mass is 9.52. The largest absolute Gasteiger partial charge is 0.508 e. The number of likely N-dealkylation sites (tertiary alicyclic amines) is 1. The minimum Gasteiger partial charge on any atom is -0.508 e. The number of hydrogen-bond acceptors (Lipinski definition) is 6. The van der Waals surface area contributed by atoms with Crippen LogP contribution in [-0.2, 0) is 21.4 Å². The normalized spacial score (nSPS) is 28.5. The zero-order chi connectivity index (χ0) is 22.8. The summed E-state index contributed by atoms with van der Waals surface area (Å²) in [5.41, 5.74) is 3.20. The fourth-order valence-corrected chi connectivity index (χ4v) is 5.66. The van der Waals surface area contributed by atoms with Gasteiger partial charge in [0.15, 0.2) is 12.2 Å². The molecule has 1 saturated heterocycles. The van der Waals surface area contributed by atoms with Crippen LogP contribution in [0.1, 0.15) is 43.2 Å². The van der Waals surface area contributed by atoms with Gasteiger partial charge in [-0.1, -0.05) is 24.8 Å². The van der Waals surface area contributed by atoms with Crippen molar-refractivity contribution in [2.24, 2.45) is 5.92 Å². The van der Waals surface area contributed by atoms with E-state index in [1.807, 2.05) is 6.07 Å². The Kier molecular flexibility index (Phi) is 6.90. The number of aliphatic carboxylic acids is 2. The van der Waals surface area contributed by atoms with E-state index >= 15 is 0 Å². The minimum absolute atomic E-state index is 0.306. The summed E-state index contributed by atoms with van der Waals surface area (Å²) in [5.74, 6) is 0.468. The molecule has 1 heterocycles. The molecule has 2 fully saturated rings. The number of carboxylic acids is 2. The highest BCUT2D eigenvalue weighted by molar-refractivity contribution is 5.83. The SMILES string of the molecule is C#CCN1CC[C@]23CCCC[C@H]2[C@H]1Cc1ccc(O)cc13.O=C(O)[C@H](O)[C@@H](O)C(=O)O. The van der Waals surface area contributed by atoms with Crippen LogP contribution < -0.4 is 0 Å².